The van der Waals surface area contributed by atoms with Crippen LogP contribution in [0.15, 0.2) is 12.2 Å². The van der Waals surface area contributed by atoms with Crippen LogP contribution in [0.5, 0.6) is 0 Å². The second kappa shape index (κ2) is 22.0. The zero-order valence-electron chi connectivity index (χ0n) is 19.4. The van der Waals surface area contributed by atoms with Crippen LogP contribution in [0.4, 0.5) is 0 Å². The molecule has 0 aliphatic carbocycles. The molecule has 1 unspecified atom stereocenters. The average Bonchev–Trinajstić information content (AvgIpc) is 2.67. The van der Waals surface area contributed by atoms with Gasteiger partial charge in [0.1, 0.15) is 0 Å². The summed E-state index contributed by atoms with van der Waals surface area (Å²) in [5, 5.41) is 3.24. The summed E-state index contributed by atoms with van der Waals surface area (Å²) < 4.78 is 0. The molecule has 0 bridgehead atoms. The van der Waals surface area contributed by atoms with Crippen LogP contribution in [-0.2, 0) is 0 Å². The van der Waals surface area contributed by atoms with E-state index >= 15 is 0 Å². The van der Waals surface area contributed by atoms with E-state index in [0.717, 1.165) is 5.92 Å². The molecule has 0 rings (SSSR count). The fourth-order valence-corrected chi connectivity index (χ4v) is 4.14. The Balaban J connectivity index is 3.91. The highest BCUT2D eigenvalue weighted by Gasteiger charge is 2.10. The Morgan fingerprint density at radius 3 is 1.74 bits per heavy atom. The summed E-state index contributed by atoms with van der Waals surface area (Å²) in [5.41, 5.74) is 1.54. The zero-order chi connectivity index (χ0) is 20.0. The minimum absolute atomic E-state index is 0.913. The third kappa shape index (κ3) is 20.2. The number of hydrogen-bond donors (Lipinski definition) is 1. The lowest BCUT2D eigenvalue weighted by molar-refractivity contribution is 0.397. The Kier molecular flexibility index (Phi) is 21.7. The lowest BCUT2D eigenvalue weighted by Crippen LogP contribution is -2.06. The Hall–Kier alpha value is -0.300. The molecule has 0 aromatic rings. The van der Waals surface area contributed by atoms with E-state index in [9.17, 15) is 0 Å². The predicted molar refractivity (Wildman–Crippen MR) is 126 cm³/mol. The Bertz CT molecular complexity index is 297. The second-order valence-electron chi connectivity index (χ2n) is 8.85. The van der Waals surface area contributed by atoms with Gasteiger partial charge in [-0.1, -0.05) is 122 Å². The van der Waals surface area contributed by atoms with Crippen molar-refractivity contribution in [2.75, 3.05) is 13.6 Å². The van der Waals surface area contributed by atoms with Gasteiger partial charge in [0.15, 0.2) is 0 Å². The third-order valence-electron chi connectivity index (χ3n) is 5.97. The topological polar surface area (TPSA) is 12.0 Å². The zero-order valence-corrected chi connectivity index (χ0v) is 19.4. The van der Waals surface area contributed by atoms with Crippen molar-refractivity contribution in [1.82, 2.24) is 5.32 Å². The first-order chi connectivity index (χ1) is 13.2. The largest absolute Gasteiger partial charge is 0.320 e. The molecule has 0 fully saturated rings. The van der Waals surface area contributed by atoms with Crippen LogP contribution < -0.4 is 5.32 Å². The fourth-order valence-electron chi connectivity index (χ4n) is 4.14. The van der Waals surface area contributed by atoms with Gasteiger partial charge in [-0.25, -0.2) is 0 Å². The van der Waals surface area contributed by atoms with E-state index in [0.29, 0.717) is 0 Å². The van der Waals surface area contributed by atoms with Gasteiger partial charge in [0.25, 0.3) is 0 Å². The van der Waals surface area contributed by atoms with Crippen molar-refractivity contribution >= 4 is 0 Å². The fraction of sp³-hybridized carbons (Fsp3) is 0.923. The highest BCUT2D eigenvalue weighted by Crippen LogP contribution is 2.26. The van der Waals surface area contributed by atoms with Gasteiger partial charge in [0.2, 0.25) is 0 Å². The quantitative estimate of drug-likeness (QED) is 0.146. The monoisotopic (exact) mass is 379 g/mol. The molecule has 0 saturated carbocycles. The first kappa shape index (κ1) is 26.7. The summed E-state index contributed by atoms with van der Waals surface area (Å²) in [6.45, 7) is 10.2. The molecule has 1 N–H and O–H groups in total. The number of hydrogen-bond acceptors (Lipinski definition) is 1. The predicted octanol–water partition coefficient (Wildman–Crippen LogP) is 8.83. The van der Waals surface area contributed by atoms with Crippen LogP contribution in [0.3, 0.4) is 0 Å². The Morgan fingerprint density at radius 1 is 0.667 bits per heavy atom. The van der Waals surface area contributed by atoms with Gasteiger partial charge in [-0.15, -0.1) is 0 Å². The van der Waals surface area contributed by atoms with E-state index in [1.807, 2.05) is 7.05 Å². The highest BCUT2D eigenvalue weighted by molar-refractivity contribution is 4.95. The molecule has 27 heavy (non-hydrogen) atoms. The molecule has 162 valence electrons. The van der Waals surface area contributed by atoms with Gasteiger partial charge in [-0.05, 0) is 45.2 Å². The van der Waals surface area contributed by atoms with Crippen LogP contribution in [-0.4, -0.2) is 13.6 Å². The van der Waals surface area contributed by atoms with Crippen molar-refractivity contribution in [3.63, 3.8) is 0 Å². The molecular formula is C26H53N. The van der Waals surface area contributed by atoms with Crippen LogP contribution in [0, 0.1) is 5.92 Å². The van der Waals surface area contributed by atoms with Crippen LogP contribution in [0.2, 0.25) is 0 Å². The summed E-state index contributed by atoms with van der Waals surface area (Å²) in [6.07, 6.45) is 26.5. The minimum atomic E-state index is 0.913. The molecule has 0 aliphatic heterocycles. The smallest absolute Gasteiger partial charge is 0.00519 e. The first-order valence-electron chi connectivity index (χ1n) is 12.6. The van der Waals surface area contributed by atoms with E-state index in [2.05, 4.69) is 25.7 Å². The number of rotatable bonds is 22. The standard InChI is InChI=1S/C26H53N/c1-5-7-9-11-14-18-22-26(21-17-10-8-6-2)24-25(3)20-16-13-12-15-19-23-27-4/h26-27H,3,5-24H2,1-2,4H3. The SMILES string of the molecule is C=C(CCCCCCCNC)CC(CCCCCC)CCCCCCCC. The lowest BCUT2D eigenvalue weighted by Gasteiger charge is -2.18. The molecule has 1 heteroatoms. The molecule has 0 aliphatic rings. The van der Waals surface area contributed by atoms with Crippen molar-refractivity contribution in [3.8, 4) is 0 Å². The number of unbranched alkanes of at least 4 members (excludes halogenated alkanes) is 12. The molecule has 0 spiro atoms. The summed E-state index contributed by atoms with van der Waals surface area (Å²) in [5.74, 6) is 0.913. The maximum atomic E-state index is 4.44. The highest BCUT2D eigenvalue weighted by atomic mass is 14.8. The van der Waals surface area contributed by atoms with Gasteiger partial charge in [0, 0.05) is 0 Å². The molecule has 1 atom stereocenters. The summed E-state index contributed by atoms with van der Waals surface area (Å²) >= 11 is 0. The van der Waals surface area contributed by atoms with Crippen molar-refractivity contribution in [2.45, 2.75) is 136 Å². The van der Waals surface area contributed by atoms with E-state index in [1.54, 1.807) is 0 Å². The van der Waals surface area contributed by atoms with Gasteiger partial charge < -0.3 is 5.32 Å². The second-order valence-corrected chi connectivity index (χ2v) is 8.85. The number of nitrogens with one attached hydrogen (secondary N) is 1. The minimum Gasteiger partial charge on any atom is -0.320 e. The van der Waals surface area contributed by atoms with Crippen LogP contribution in [0.1, 0.15) is 136 Å². The van der Waals surface area contributed by atoms with Gasteiger partial charge in [-0.3, -0.25) is 0 Å². The van der Waals surface area contributed by atoms with Crippen molar-refractivity contribution < 1.29 is 0 Å². The molecule has 1 nitrogen and oxygen atoms in total. The van der Waals surface area contributed by atoms with Crippen molar-refractivity contribution in [3.05, 3.63) is 12.2 Å². The molecule has 0 heterocycles. The van der Waals surface area contributed by atoms with Gasteiger partial charge in [0.05, 0.1) is 0 Å². The Labute approximate surface area is 173 Å². The molecule has 0 aromatic carbocycles. The third-order valence-corrected chi connectivity index (χ3v) is 5.97. The van der Waals surface area contributed by atoms with Gasteiger partial charge in [-0.2, -0.15) is 0 Å². The molecular weight excluding hydrogens is 326 g/mol. The maximum absolute atomic E-state index is 4.44. The lowest BCUT2D eigenvalue weighted by atomic mass is 9.87. The molecule has 0 radical (unpaired) electrons. The van der Waals surface area contributed by atoms with Crippen LogP contribution >= 0.6 is 0 Å². The average molecular weight is 380 g/mol. The van der Waals surface area contributed by atoms with Crippen molar-refractivity contribution in [2.24, 2.45) is 5.92 Å². The van der Waals surface area contributed by atoms with Crippen LogP contribution in [0.25, 0.3) is 0 Å². The summed E-state index contributed by atoms with van der Waals surface area (Å²) in [6, 6.07) is 0. The normalized spacial score (nSPS) is 12.4. The molecule has 0 aromatic heterocycles. The summed E-state index contributed by atoms with van der Waals surface area (Å²) in [7, 11) is 2.05. The van der Waals surface area contributed by atoms with Crippen molar-refractivity contribution in [1.29, 1.82) is 0 Å². The van der Waals surface area contributed by atoms with Gasteiger partial charge >= 0.3 is 0 Å². The maximum Gasteiger partial charge on any atom is -0.00519 e. The summed E-state index contributed by atoms with van der Waals surface area (Å²) in [4.78, 5) is 0. The Morgan fingerprint density at radius 2 is 1.15 bits per heavy atom. The number of allylic oxidation sites excluding steroid dienone is 1. The molecule has 0 amide bonds. The van der Waals surface area contributed by atoms with E-state index in [-0.39, 0.29) is 0 Å². The van der Waals surface area contributed by atoms with E-state index in [4.69, 9.17) is 0 Å². The van der Waals surface area contributed by atoms with E-state index in [1.165, 1.54) is 134 Å². The molecule has 0 saturated heterocycles. The van der Waals surface area contributed by atoms with E-state index < -0.39 is 0 Å². The first-order valence-corrected chi connectivity index (χ1v) is 12.6.